The lowest BCUT2D eigenvalue weighted by atomic mass is 9.78. The minimum Gasteiger partial charge on any atom is -0.335 e. The summed E-state index contributed by atoms with van der Waals surface area (Å²) in [6.07, 6.45) is 7.11. The van der Waals surface area contributed by atoms with Crippen LogP contribution in [-0.2, 0) is 10.0 Å². The van der Waals surface area contributed by atoms with Crippen molar-refractivity contribution in [3.05, 3.63) is 29.8 Å². The second kappa shape index (κ2) is 6.84. The Morgan fingerprint density at radius 3 is 2.33 bits per heavy atom. The summed E-state index contributed by atoms with van der Waals surface area (Å²) in [4.78, 5) is 15.2. The van der Waals surface area contributed by atoms with Gasteiger partial charge in [-0.15, -0.1) is 0 Å². The van der Waals surface area contributed by atoms with E-state index in [0.29, 0.717) is 17.5 Å². The number of carbonyl (C=O) groups excluding carboxylic acids is 1. The summed E-state index contributed by atoms with van der Waals surface area (Å²) in [6, 6.07) is 6.72. The number of hydrogen-bond acceptors (Lipinski definition) is 3. The minimum absolute atomic E-state index is 0.0420. The number of benzene rings is 1. The summed E-state index contributed by atoms with van der Waals surface area (Å²) in [6.45, 7) is 0.817. The van der Waals surface area contributed by atoms with E-state index in [1.807, 2.05) is 4.90 Å². The third kappa shape index (κ3) is 3.22. The summed E-state index contributed by atoms with van der Waals surface area (Å²) >= 11 is 0. The molecule has 0 spiro atoms. The fourth-order valence-electron chi connectivity index (χ4n) is 4.02. The van der Waals surface area contributed by atoms with Crippen molar-refractivity contribution in [3.63, 3.8) is 0 Å². The van der Waals surface area contributed by atoms with Crippen LogP contribution >= 0.6 is 0 Å². The Bertz CT molecular complexity index is 695. The maximum absolute atomic E-state index is 12.9. The maximum atomic E-state index is 12.9. The standard InChI is InChI=1S/C18H26N2O3S/c1-19(2)24(22,23)16-11-9-15(10-12-16)18(21)20-13-5-7-14-6-3-4-8-17(14)20/h9-12,14,17H,3-8,13H2,1-2H3. The molecular formula is C18H26N2O3S. The van der Waals surface area contributed by atoms with Gasteiger partial charge in [-0.25, -0.2) is 12.7 Å². The van der Waals surface area contributed by atoms with Gasteiger partial charge in [0.2, 0.25) is 10.0 Å². The normalized spacial score (nSPS) is 24.7. The maximum Gasteiger partial charge on any atom is 0.254 e. The number of likely N-dealkylation sites (tertiary alicyclic amines) is 1. The molecule has 2 fully saturated rings. The molecule has 1 aromatic rings. The van der Waals surface area contributed by atoms with Crippen LogP contribution in [0.25, 0.3) is 0 Å². The molecule has 2 unspecified atom stereocenters. The molecule has 6 heteroatoms. The van der Waals surface area contributed by atoms with Gasteiger partial charge in [0, 0.05) is 32.2 Å². The molecule has 1 aromatic carbocycles. The predicted octanol–water partition coefficient (Wildman–Crippen LogP) is 2.73. The van der Waals surface area contributed by atoms with Crippen molar-refractivity contribution in [3.8, 4) is 0 Å². The molecule has 1 saturated carbocycles. The highest BCUT2D eigenvalue weighted by Gasteiger charge is 2.36. The fourth-order valence-corrected chi connectivity index (χ4v) is 4.92. The van der Waals surface area contributed by atoms with Crippen molar-refractivity contribution in [1.29, 1.82) is 0 Å². The molecule has 3 rings (SSSR count). The average molecular weight is 350 g/mol. The van der Waals surface area contributed by atoms with Gasteiger partial charge in [0.1, 0.15) is 0 Å². The first kappa shape index (κ1) is 17.4. The van der Waals surface area contributed by atoms with Gasteiger partial charge in [-0.3, -0.25) is 4.79 Å². The molecule has 1 saturated heterocycles. The van der Waals surface area contributed by atoms with Gasteiger partial charge in [0.05, 0.1) is 4.90 Å². The quantitative estimate of drug-likeness (QED) is 0.842. The number of carbonyl (C=O) groups is 1. The molecule has 24 heavy (non-hydrogen) atoms. The summed E-state index contributed by atoms with van der Waals surface area (Å²) in [7, 11) is -0.444. The molecule has 1 aliphatic heterocycles. The highest BCUT2D eigenvalue weighted by molar-refractivity contribution is 7.89. The van der Waals surface area contributed by atoms with Gasteiger partial charge in [-0.2, -0.15) is 0 Å². The first-order valence-corrected chi connectivity index (χ1v) is 10.2. The average Bonchev–Trinajstić information content (AvgIpc) is 2.60. The second-order valence-electron chi connectivity index (χ2n) is 7.06. The Kier molecular flexibility index (Phi) is 4.97. The number of sulfonamides is 1. The monoisotopic (exact) mass is 350 g/mol. The lowest BCUT2D eigenvalue weighted by Gasteiger charge is -2.44. The number of amides is 1. The summed E-state index contributed by atoms with van der Waals surface area (Å²) in [5.74, 6) is 0.685. The van der Waals surface area contributed by atoms with Gasteiger partial charge in [0.25, 0.3) is 5.91 Å². The molecule has 2 atom stereocenters. The van der Waals surface area contributed by atoms with E-state index in [4.69, 9.17) is 0 Å². The highest BCUT2D eigenvalue weighted by Crippen LogP contribution is 2.36. The van der Waals surface area contributed by atoms with Crippen LogP contribution in [0.15, 0.2) is 29.2 Å². The number of rotatable bonds is 3. The number of nitrogens with zero attached hydrogens (tertiary/aromatic N) is 2. The first-order valence-electron chi connectivity index (χ1n) is 8.75. The molecule has 0 radical (unpaired) electrons. The zero-order chi connectivity index (χ0) is 17.3. The summed E-state index contributed by atoms with van der Waals surface area (Å²) < 4.78 is 25.4. The Labute approximate surface area is 144 Å². The minimum atomic E-state index is -3.45. The molecule has 0 aromatic heterocycles. The van der Waals surface area contributed by atoms with Crippen molar-refractivity contribution < 1.29 is 13.2 Å². The van der Waals surface area contributed by atoms with Gasteiger partial charge in [-0.1, -0.05) is 12.8 Å². The van der Waals surface area contributed by atoms with Crippen LogP contribution in [0.3, 0.4) is 0 Å². The molecule has 132 valence electrons. The first-order chi connectivity index (χ1) is 11.4. The van der Waals surface area contributed by atoms with Crippen molar-refractivity contribution in [2.24, 2.45) is 5.92 Å². The van der Waals surface area contributed by atoms with E-state index < -0.39 is 10.0 Å². The lowest BCUT2D eigenvalue weighted by Crippen LogP contribution is -2.49. The zero-order valence-electron chi connectivity index (χ0n) is 14.4. The number of piperidine rings is 1. The molecule has 1 amide bonds. The van der Waals surface area contributed by atoms with Crippen LogP contribution in [0.1, 0.15) is 48.9 Å². The Hall–Kier alpha value is -1.40. The van der Waals surface area contributed by atoms with Crippen LogP contribution in [-0.4, -0.2) is 50.2 Å². The zero-order valence-corrected chi connectivity index (χ0v) is 15.3. The molecular weight excluding hydrogens is 324 g/mol. The topological polar surface area (TPSA) is 57.7 Å². The van der Waals surface area contributed by atoms with Crippen LogP contribution < -0.4 is 0 Å². The molecule has 2 aliphatic rings. The number of hydrogen-bond donors (Lipinski definition) is 0. The van der Waals surface area contributed by atoms with Gasteiger partial charge < -0.3 is 4.90 Å². The Morgan fingerprint density at radius 2 is 1.67 bits per heavy atom. The smallest absolute Gasteiger partial charge is 0.254 e. The van der Waals surface area contributed by atoms with Crippen molar-refractivity contribution in [2.45, 2.75) is 49.5 Å². The Morgan fingerprint density at radius 1 is 1.04 bits per heavy atom. The largest absolute Gasteiger partial charge is 0.335 e. The van der Waals surface area contributed by atoms with Gasteiger partial charge >= 0.3 is 0 Å². The van der Waals surface area contributed by atoms with Crippen LogP contribution in [0.2, 0.25) is 0 Å². The van der Waals surface area contributed by atoms with Gasteiger partial charge in [0.15, 0.2) is 0 Å². The Balaban J connectivity index is 1.80. The molecule has 0 N–H and O–H groups in total. The molecule has 1 aliphatic carbocycles. The lowest BCUT2D eigenvalue weighted by molar-refractivity contribution is 0.0390. The SMILES string of the molecule is CN(C)S(=O)(=O)c1ccc(C(=O)N2CCCC3CCCCC32)cc1. The molecule has 5 nitrogen and oxygen atoms in total. The summed E-state index contributed by atoms with van der Waals surface area (Å²) in [5.41, 5.74) is 0.582. The van der Waals surface area contributed by atoms with Crippen LogP contribution in [0, 0.1) is 5.92 Å². The highest BCUT2D eigenvalue weighted by atomic mass is 32.2. The molecule has 1 heterocycles. The van der Waals surface area contributed by atoms with E-state index in [9.17, 15) is 13.2 Å². The van der Waals surface area contributed by atoms with Crippen LogP contribution in [0.4, 0.5) is 0 Å². The predicted molar refractivity (Wildman–Crippen MR) is 93.3 cm³/mol. The van der Waals surface area contributed by atoms with E-state index in [-0.39, 0.29) is 10.8 Å². The van der Waals surface area contributed by atoms with E-state index in [1.165, 1.54) is 56.2 Å². The molecule has 0 bridgehead atoms. The summed E-state index contributed by atoms with van der Waals surface area (Å²) in [5, 5.41) is 0. The third-order valence-corrected chi connectivity index (χ3v) is 7.21. The van der Waals surface area contributed by atoms with E-state index in [2.05, 4.69) is 0 Å². The van der Waals surface area contributed by atoms with Gasteiger partial charge in [-0.05, 0) is 55.9 Å². The van der Waals surface area contributed by atoms with E-state index >= 15 is 0 Å². The van der Waals surface area contributed by atoms with Crippen LogP contribution in [0.5, 0.6) is 0 Å². The third-order valence-electron chi connectivity index (χ3n) is 5.38. The van der Waals surface area contributed by atoms with Crippen molar-refractivity contribution in [2.75, 3.05) is 20.6 Å². The number of fused-ring (bicyclic) bond motifs is 1. The van der Waals surface area contributed by atoms with Crippen molar-refractivity contribution in [1.82, 2.24) is 9.21 Å². The second-order valence-corrected chi connectivity index (χ2v) is 9.22. The van der Waals surface area contributed by atoms with E-state index in [1.54, 1.807) is 12.1 Å². The van der Waals surface area contributed by atoms with Crippen molar-refractivity contribution >= 4 is 15.9 Å². The van der Waals surface area contributed by atoms with E-state index in [0.717, 1.165) is 19.4 Å². The fraction of sp³-hybridized carbons (Fsp3) is 0.611.